The largest absolute Gasteiger partial charge is 0.504 e. The summed E-state index contributed by atoms with van der Waals surface area (Å²) in [4.78, 5) is 10.4. The average Bonchev–Trinajstić information content (AvgIpc) is 2.11. The highest BCUT2D eigenvalue weighted by atomic mass is 16.3. The van der Waals surface area contributed by atoms with E-state index in [1.165, 1.54) is 12.1 Å². The third-order valence-corrected chi connectivity index (χ3v) is 1.69. The lowest BCUT2D eigenvalue weighted by molar-refractivity contribution is 0.112. The summed E-state index contributed by atoms with van der Waals surface area (Å²) in [5.74, 6) is -0.649. The van der Waals surface area contributed by atoms with Gasteiger partial charge in [-0.15, -0.1) is 6.58 Å². The van der Waals surface area contributed by atoms with Crippen molar-refractivity contribution < 1.29 is 15.0 Å². The number of hydrogen-bond acceptors (Lipinski definition) is 3. The maximum atomic E-state index is 10.4. The summed E-state index contributed by atoms with van der Waals surface area (Å²) < 4.78 is 0. The molecule has 2 N–H and O–H groups in total. The molecule has 0 aliphatic heterocycles. The zero-order chi connectivity index (χ0) is 9.84. The van der Waals surface area contributed by atoms with Crippen molar-refractivity contribution >= 4 is 6.29 Å². The Morgan fingerprint density at radius 1 is 1.38 bits per heavy atom. The molecule has 0 saturated heterocycles. The van der Waals surface area contributed by atoms with Crippen LogP contribution < -0.4 is 0 Å². The molecule has 1 aromatic carbocycles. The van der Waals surface area contributed by atoms with Crippen molar-refractivity contribution in [3.8, 4) is 11.5 Å². The second kappa shape index (κ2) is 3.76. The normalized spacial score (nSPS) is 9.54. The Labute approximate surface area is 76.0 Å². The fourth-order valence-corrected chi connectivity index (χ4v) is 1.08. The van der Waals surface area contributed by atoms with Gasteiger partial charge in [-0.25, -0.2) is 0 Å². The highest BCUT2D eigenvalue weighted by Gasteiger charge is 2.07. The van der Waals surface area contributed by atoms with E-state index in [9.17, 15) is 15.0 Å². The number of allylic oxidation sites excluding steroid dienone is 1. The Hall–Kier alpha value is -1.77. The first-order valence-electron chi connectivity index (χ1n) is 3.80. The molecule has 3 heteroatoms. The van der Waals surface area contributed by atoms with Crippen molar-refractivity contribution in [1.82, 2.24) is 0 Å². The van der Waals surface area contributed by atoms with Gasteiger partial charge in [0.25, 0.3) is 0 Å². The molecule has 0 unspecified atom stereocenters. The molecule has 0 aromatic heterocycles. The Balaban J connectivity index is 3.21. The van der Waals surface area contributed by atoms with E-state index >= 15 is 0 Å². The molecular weight excluding hydrogens is 168 g/mol. The van der Waals surface area contributed by atoms with Gasteiger partial charge in [0.15, 0.2) is 17.8 Å². The third-order valence-electron chi connectivity index (χ3n) is 1.69. The summed E-state index contributed by atoms with van der Waals surface area (Å²) in [6.07, 6.45) is 2.71. The van der Waals surface area contributed by atoms with Gasteiger partial charge in [-0.05, 0) is 24.1 Å². The molecule has 0 saturated carbocycles. The number of rotatable bonds is 3. The molecule has 1 rings (SSSR count). The molecule has 0 spiro atoms. The number of benzene rings is 1. The van der Waals surface area contributed by atoms with Crippen molar-refractivity contribution in [2.45, 2.75) is 6.42 Å². The summed E-state index contributed by atoms with van der Waals surface area (Å²) in [7, 11) is 0. The Kier molecular flexibility index (Phi) is 2.69. The van der Waals surface area contributed by atoms with E-state index in [0.717, 1.165) is 5.56 Å². The van der Waals surface area contributed by atoms with E-state index < -0.39 is 0 Å². The second-order valence-corrected chi connectivity index (χ2v) is 2.66. The van der Waals surface area contributed by atoms with Crippen LogP contribution in [0, 0.1) is 0 Å². The predicted octanol–water partition coefficient (Wildman–Crippen LogP) is 1.64. The smallest absolute Gasteiger partial charge is 0.168 e. The Morgan fingerprint density at radius 2 is 2.08 bits per heavy atom. The maximum absolute atomic E-state index is 10.4. The number of hydrogen-bond donors (Lipinski definition) is 2. The number of aromatic hydroxyl groups is 2. The van der Waals surface area contributed by atoms with Crippen LogP contribution >= 0.6 is 0 Å². The van der Waals surface area contributed by atoms with Gasteiger partial charge in [0, 0.05) is 0 Å². The highest BCUT2D eigenvalue weighted by molar-refractivity contribution is 5.81. The van der Waals surface area contributed by atoms with Gasteiger partial charge in [0.1, 0.15) is 0 Å². The van der Waals surface area contributed by atoms with Gasteiger partial charge in [-0.3, -0.25) is 4.79 Å². The molecule has 3 nitrogen and oxygen atoms in total. The van der Waals surface area contributed by atoms with Crippen molar-refractivity contribution in [2.24, 2.45) is 0 Å². The fraction of sp³-hybridized carbons (Fsp3) is 0.100. The standard InChI is InChI=1S/C10H10O3/c1-2-3-7-4-8(6-11)10(13)9(12)5-7/h2,4-6,12-13H,1,3H2. The predicted molar refractivity (Wildman–Crippen MR) is 49.1 cm³/mol. The maximum Gasteiger partial charge on any atom is 0.168 e. The summed E-state index contributed by atoms with van der Waals surface area (Å²) in [5, 5.41) is 18.4. The summed E-state index contributed by atoms with van der Waals surface area (Å²) in [6, 6.07) is 2.92. The zero-order valence-electron chi connectivity index (χ0n) is 7.03. The van der Waals surface area contributed by atoms with Crippen molar-refractivity contribution in [3.05, 3.63) is 35.9 Å². The molecule has 68 valence electrons. The molecular formula is C10H10O3. The lowest BCUT2D eigenvalue weighted by Gasteiger charge is -2.03. The van der Waals surface area contributed by atoms with Crippen LogP contribution in [0.3, 0.4) is 0 Å². The lowest BCUT2D eigenvalue weighted by atomic mass is 10.1. The molecule has 0 aliphatic carbocycles. The fourth-order valence-electron chi connectivity index (χ4n) is 1.08. The van der Waals surface area contributed by atoms with Crippen LogP contribution in [0.1, 0.15) is 15.9 Å². The Bertz CT molecular complexity index is 342. The van der Waals surface area contributed by atoms with Gasteiger partial charge in [0.2, 0.25) is 0 Å². The summed E-state index contributed by atoms with van der Waals surface area (Å²) >= 11 is 0. The van der Waals surface area contributed by atoms with Gasteiger partial charge < -0.3 is 10.2 Å². The molecule has 13 heavy (non-hydrogen) atoms. The first-order chi connectivity index (χ1) is 6.19. The third kappa shape index (κ3) is 1.87. The molecule has 0 fully saturated rings. The van der Waals surface area contributed by atoms with Gasteiger partial charge in [-0.2, -0.15) is 0 Å². The minimum Gasteiger partial charge on any atom is -0.504 e. The quantitative estimate of drug-likeness (QED) is 0.420. The number of phenols is 2. The van der Waals surface area contributed by atoms with Crippen LogP contribution in [0.25, 0.3) is 0 Å². The van der Waals surface area contributed by atoms with Crippen molar-refractivity contribution in [3.63, 3.8) is 0 Å². The lowest BCUT2D eigenvalue weighted by Crippen LogP contribution is -1.87. The number of aldehydes is 1. The van der Waals surface area contributed by atoms with E-state index in [2.05, 4.69) is 6.58 Å². The van der Waals surface area contributed by atoms with E-state index in [1.54, 1.807) is 6.08 Å². The monoisotopic (exact) mass is 178 g/mol. The number of carbonyl (C=O) groups excluding carboxylic acids is 1. The highest BCUT2D eigenvalue weighted by Crippen LogP contribution is 2.29. The van der Waals surface area contributed by atoms with Crippen LogP contribution in [0.2, 0.25) is 0 Å². The molecule has 0 atom stereocenters. The SMILES string of the molecule is C=CCc1cc(O)c(O)c(C=O)c1. The van der Waals surface area contributed by atoms with Crippen molar-refractivity contribution in [2.75, 3.05) is 0 Å². The van der Waals surface area contributed by atoms with Gasteiger partial charge in [0.05, 0.1) is 5.56 Å². The topological polar surface area (TPSA) is 57.5 Å². The molecule has 0 amide bonds. The van der Waals surface area contributed by atoms with Crippen LogP contribution in [0.5, 0.6) is 11.5 Å². The first kappa shape index (κ1) is 9.32. The summed E-state index contributed by atoms with van der Waals surface area (Å²) in [6.45, 7) is 3.53. The average molecular weight is 178 g/mol. The second-order valence-electron chi connectivity index (χ2n) is 2.66. The number of phenolic OH excluding ortho intramolecular Hbond substituents is 2. The number of carbonyl (C=O) groups is 1. The van der Waals surface area contributed by atoms with Gasteiger partial charge in [-0.1, -0.05) is 6.08 Å². The van der Waals surface area contributed by atoms with E-state index in [-0.39, 0.29) is 17.1 Å². The minimum atomic E-state index is -0.372. The van der Waals surface area contributed by atoms with Crippen LogP contribution in [0.4, 0.5) is 0 Å². The van der Waals surface area contributed by atoms with E-state index in [0.29, 0.717) is 12.7 Å². The van der Waals surface area contributed by atoms with E-state index in [1.807, 2.05) is 0 Å². The van der Waals surface area contributed by atoms with E-state index in [4.69, 9.17) is 0 Å². The molecule has 0 radical (unpaired) electrons. The van der Waals surface area contributed by atoms with Crippen molar-refractivity contribution in [1.29, 1.82) is 0 Å². The summed E-state index contributed by atoms with van der Waals surface area (Å²) in [5.41, 5.74) is 0.837. The molecule has 0 aliphatic rings. The van der Waals surface area contributed by atoms with Crippen LogP contribution in [0.15, 0.2) is 24.8 Å². The Morgan fingerprint density at radius 3 is 2.62 bits per heavy atom. The molecule has 0 heterocycles. The van der Waals surface area contributed by atoms with Crippen LogP contribution in [-0.4, -0.2) is 16.5 Å². The molecule has 1 aromatic rings. The minimum absolute atomic E-state index is 0.0943. The molecule has 0 bridgehead atoms. The van der Waals surface area contributed by atoms with Gasteiger partial charge >= 0.3 is 0 Å². The zero-order valence-corrected chi connectivity index (χ0v) is 7.03. The first-order valence-corrected chi connectivity index (χ1v) is 3.80. The van der Waals surface area contributed by atoms with Crippen LogP contribution in [-0.2, 0) is 6.42 Å².